The summed E-state index contributed by atoms with van der Waals surface area (Å²) in [5.74, 6) is -1.18. The second-order valence-corrected chi connectivity index (χ2v) is 4.81. The first-order valence-electron chi connectivity index (χ1n) is 4.89. The lowest BCUT2D eigenvalue weighted by atomic mass is 10.2. The van der Waals surface area contributed by atoms with E-state index < -0.39 is 22.2 Å². The first kappa shape index (κ1) is 13.0. The number of hydrogen-bond acceptors (Lipinski definition) is 2. The van der Waals surface area contributed by atoms with E-state index in [1.54, 1.807) is 25.1 Å². The van der Waals surface area contributed by atoms with Gasteiger partial charge in [0.15, 0.2) is 5.15 Å². The zero-order chi connectivity index (χ0) is 13.4. The molecule has 1 aromatic carbocycles. The molecule has 1 heterocycles. The molecule has 0 saturated carbocycles. The molecule has 0 amide bonds. The standard InChI is InChI=1S/C11H7BrClFN2O2/c1-5-6(12)3-2-4-7(5)16-10(17)8(14)9(13)15-11(16)18/h2-4H,1H3,(H,15,18). The van der Waals surface area contributed by atoms with E-state index in [0.29, 0.717) is 20.3 Å². The summed E-state index contributed by atoms with van der Waals surface area (Å²) < 4.78 is 14.9. The maximum atomic E-state index is 13.4. The first-order chi connectivity index (χ1) is 8.43. The molecule has 7 heteroatoms. The van der Waals surface area contributed by atoms with Crippen molar-refractivity contribution in [1.29, 1.82) is 0 Å². The summed E-state index contributed by atoms with van der Waals surface area (Å²) in [5, 5.41) is -0.589. The zero-order valence-corrected chi connectivity index (χ0v) is 11.5. The van der Waals surface area contributed by atoms with Crippen LogP contribution in [0, 0.1) is 12.7 Å². The third-order valence-electron chi connectivity index (χ3n) is 2.48. The molecule has 0 saturated heterocycles. The Morgan fingerprint density at radius 2 is 2.06 bits per heavy atom. The average molecular weight is 334 g/mol. The summed E-state index contributed by atoms with van der Waals surface area (Å²) in [6.45, 7) is 1.71. The van der Waals surface area contributed by atoms with E-state index >= 15 is 0 Å². The summed E-state index contributed by atoms with van der Waals surface area (Å²) in [6, 6.07) is 4.94. The molecule has 0 spiro atoms. The van der Waals surface area contributed by atoms with Crippen LogP contribution in [0.3, 0.4) is 0 Å². The Labute approximate surface area is 114 Å². The Morgan fingerprint density at radius 1 is 1.39 bits per heavy atom. The number of nitrogens with one attached hydrogen (secondary N) is 1. The molecular formula is C11H7BrClFN2O2. The predicted molar refractivity (Wildman–Crippen MR) is 70.1 cm³/mol. The van der Waals surface area contributed by atoms with Crippen molar-refractivity contribution in [3.63, 3.8) is 0 Å². The molecule has 2 rings (SSSR count). The fraction of sp³-hybridized carbons (Fsp3) is 0.0909. The fourth-order valence-electron chi connectivity index (χ4n) is 1.55. The molecular weight excluding hydrogens is 326 g/mol. The molecule has 1 aromatic heterocycles. The highest BCUT2D eigenvalue weighted by Gasteiger charge is 2.15. The third-order valence-corrected chi connectivity index (χ3v) is 3.60. The van der Waals surface area contributed by atoms with Crippen molar-refractivity contribution >= 4 is 27.5 Å². The van der Waals surface area contributed by atoms with Crippen LogP contribution in [-0.4, -0.2) is 9.55 Å². The topological polar surface area (TPSA) is 54.9 Å². The van der Waals surface area contributed by atoms with E-state index in [1.165, 1.54) is 0 Å². The number of aromatic nitrogens is 2. The molecule has 0 atom stereocenters. The van der Waals surface area contributed by atoms with Gasteiger partial charge in [0.05, 0.1) is 5.69 Å². The van der Waals surface area contributed by atoms with Crippen LogP contribution in [0.25, 0.3) is 5.69 Å². The highest BCUT2D eigenvalue weighted by atomic mass is 79.9. The van der Waals surface area contributed by atoms with Gasteiger partial charge in [0.2, 0.25) is 5.82 Å². The Balaban J connectivity index is 2.89. The van der Waals surface area contributed by atoms with Crippen molar-refractivity contribution in [2.75, 3.05) is 0 Å². The van der Waals surface area contributed by atoms with E-state index in [2.05, 4.69) is 20.9 Å². The molecule has 0 aliphatic heterocycles. The number of hydrogen-bond donors (Lipinski definition) is 1. The number of H-pyrrole nitrogens is 1. The van der Waals surface area contributed by atoms with Crippen molar-refractivity contribution in [2.24, 2.45) is 0 Å². The summed E-state index contributed by atoms with van der Waals surface area (Å²) in [4.78, 5) is 25.5. The minimum absolute atomic E-state index is 0.297. The summed E-state index contributed by atoms with van der Waals surface area (Å²) in [5.41, 5.74) is -0.921. The molecule has 0 radical (unpaired) electrons. The van der Waals surface area contributed by atoms with Crippen molar-refractivity contribution in [3.05, 3.63) is 60.0 Å². The molecule has 1 N–H and O–H groups in total. The highest BCUT2D eigenvalue weighted by molar-refractivity contribution is 9.10. The maximum absolute atomic E-state index is 13.4. The van der Waals surface area contributed by atoms with Crippen LogP contribution in [0.5, 0.6) is 0 Å². The lowest BCUT2D eigenvalue weighted by Gasteiger charge is -2.09. The molecule has 2 aromatic rings. The zero-order valence-electron chi connectivity index (χ0n) is 9.13. The van der Waals surface area contributed by atoms with Gasteiger partial charge < -0.3 is 0 Å². The lowest BCUT2D eigenvalue weighted by Crippen LogP contribution is -2.36. The van der Waals surface area contributed by atoms with Crippen molar-refractivity contribution in [1.82, 2.24) is 9.55 Å². The number of nitrogens with zero attached hydrogens (tertiary/aromatic N) is 1. The molecule has 0 aliphatic carbocycles. The van der Waals surface area contributed by atoms with Crippen molar-refractivity contribution in [2.45, 2.75) is 6.92 Å². The van der Waals surface area contributed by atoms with E-state index in [4.69, 9.17) is 11.6 Å². The molecule has 0 bridgehead atoms. The second kappa shape index (κ2) is 4.70. The van der Waals surface area contributed by atoms with Crippen LogP contribution in [0.15, 0.2) is 32.3 Å². The summed E-state index contributed by atoms with van der Waals surface area (Å²) in [7, 11) is 0. The summed E-state index contributed by atoms with van der Waals surface area (Å²) in [6.07, 6.45) is 0. The van der Waals surface area contributed by atoms with Gasteiger partial charge in [0, 0.05) is 4.47 Å². The Bertz CT molecular complexity index is 739. The quantitative estimate of drug-likeness (QED) is 0.815. The second-order valence-electron chi connectivity index (χ2n) is 3.58. The highest BCUT2D eigenvalue weighted by Crippen LogP contribution is 2.21. The summed E-state index contributed by atoms with van der Waals surface area (Å²) >= 11 is 8.67. The number of aromatic amines is 1. The van der Waals surface area contributed by atoms with Crippen LogP contribution < -0.4 is 11.2 Å². The third kappa shape index (κ3) is 2.02. The van der Waals surface area contributed by atoms with Crippen LogP contribution in [0.1, 0.15) is 5.56 Å². The van der Waals surface area contributed by atoms with E-state index in [1.807, 2.05) is 0 Å². The van der Waals surface area contributed by atoms with Crippen LogP contribution in [0.2, 0.25) is 5.15 Å². The van der Waals surface area contributed by atoms with E-state index in [-0.39, 0.29) is 0 Å². The smallest absolute Gasteiger partial charge is 0.295 e. The van der Waals surface area contributed by atoms with Crippen LogP contribution >= 0.6 is 27.5 Å². The van der Waals surface area contributed by atoms with Crippen LogP contribution in [0.4, 0.5) is 4.39 Å². The minimum Gasteiger partial charge on any atom is -0.295 e. The minimum atomic E-state index is -1.18. The van der Waals surface area contributed by atoms with Gasteiger partial charge in [-0.15, -0.1) is 0 Å². The van der Waals surface area contributed by atoms with Gasteiger partial charge in [-0.25, -0.2) is 9.36 Å². The maximum Gasteiger partial charge on any atom is 0.334 e. The SMILES string of the molecule is Cc1c(Br)cccc1-n1c(=O)[nH]c(Cl)c(F)c1=O. The van der Waals surface area contributed by atoms with Gasteiger partial charge >= 0.3 is 5.69 Å². The van der Waals surface area contributed by atoms with Gasteiger partial charge in [-0.2, -0.15) is 4.39 Å². The Morgan fingerprint density at radius 3 is 2.72 bits per heavy atom. The van der Waals surface area contributed by atoms with E-state index in [0.717, 1.165) is 0 Å². The van der Waals surface area contributed by atoms with E-state index in [9.17, 15) is 14.0 Å². The number of rotatable bonds is 1. The molecule has 0 unspecified atom stereocenters. The number of halogens is 3. The van der Waals surface area contributed by atoms with Gasteiger partial charge in [-0.3, -0.25) is 9.78 Å². The molecule has 4 nitrogen and oxygen atoms in total. The predicted octanol–water partition coefficient (Wildman–Crippen LogP) is 2.39. The number of benzene rings is 1. The van der Waals surface area contributed by atoms with Crippen molar-refractivity contribution < 1.29 is 4.39 Å². The average Bonchev–Trinajstić information content (AvgIpc) is 2.32. The van der Waals surface area contributed by atoms with Crippen LogP contribution in [-0.2, 0) is 0 Å². The monoisotopic (exact) mass is 332 g/mol. The molecule has 18 heavy (non-hydrogen) atoms. The van der Waals surface area contributed by atoms with Gasteiger partial charge in [-0.05, 0) is 24.6 Å². The Kier molecular flexibility index (Phi) is 3.41. The molecule has 94 valence electrons. The normalized spacial score (nSPS) is 10.7. The fourth-order valence-corrected chi connectivity index (χ4v) is 2.06. The van der Waals surface area contributed by atoms with Gasteiger partial charge in [0.25, 0.3) is 5.56 Å². The van der Waals surface area contributed by atoms with Gasteiger partial charge in [-0.1, -0.05) is 33.6 Å². The van der Waals surface area contributed by atoms with Gasteiger partial charge in [0.1, 0.15) is 0 Å². The largest absolute Gasteiger partial charge is 0.334 e. The van der Waals surface area contributed by atoms with Crippen molar-refractivity contribution in [3.8, 4) is 5.69 Å². The molecule has 0 fully saturated rings. The molecule has 0 aliphatic rings. The lowest BCUT2D eigenvalue weighted by molar-refractivity contribution is 0.584. The first-order valence-corrected chi connectivity index (χ1v) is 6.06. The Hall–Kier alpha value is -1.40.